The van der Waals surface area contributed by atoms with Crippen molar-refractivity contribution in [2.75, 3.05) is 18.4 Å². The zero-order valence-corrected chi connectivity index (χ0v) is 13.9. The van der Waals surface area contributed by atoms with Gasteiger partial charge < -0.3 is 4.74 Å². The lowest BCUT2D eigenvalue weighted by molar-refractivity contribution is -0.00963. The molecule has 0 N–H and O–H groups in total. The Kier molecular flexibility index (Phi) is 6.46. The van der Waals surface area contributed by atoms with Crippen molar-refractivity contribution in [2.45, 2.75) is 38.2 Å². The topological polar surface area (TPSA) is 9.23 Å². The molecule has 0 amide bonds. The van der Waals surface area contributed by atoms with Crippen LogP contribution in [0.25, 0.3) is 0 Å². The van der Waals surface area contributed by atoms with Gasteiger partial charge >= 0.3 is 0 Å². The number of halogens is 3. The molecule has 0 fully saturated rings. The van der Waals surface area contributed by atoms with Crippen LogP contribution in [0.15, 0.2) is 24.3 Å². The summed E-state index contributed by atoms with van der Waals surface area (Å²) in [5.74, 6) is 0.849. The van der Waals surface area contributed by atoms with Crippen LogP contribution >= 0.6 is 34.8 Å². The van der Waals surface area contributed by atoms with E-state index in [-0.39, 0.29) is 11.0 Å². The highest BCUT2D eigenvalue weighted by Crippen LogP contribution is 2.36. The molecule has 0 aromatic heterocycles. The van der Waals surface area contributed by atoms with Gasteiger partial charge in [0, 0.05) is 28.8 Å². The van der Waals surface area contributed by atoms with Crippen LogP contribution in [0.4, 0.5) is 0 Å². The van der Waals surface area contributed by atoms with Gasteiger partial charge in [0.2, 0.25) is 0 Å². The maximum absolute atomic E-state index is 6.28. The minimum Gasteiger partial charge on any atom is -0.376 e. The van der Waals surface area contributed by atoms with Crippen molar-refractivity contribution in [1.82, 2.24) is 0 Å². The lowest BCUT2D eigenvalue weighted by Crippen LogP contribution is -2.34. The van der Waals surface area contributed by atoms with E-state index >= 15 is 0 Å². The van der Waals surface area contributed by atoms with Gasteiger partial charge in [-0.2, -0.15) is 0 Å². The fraction of sp³-hybridized carbons (Fsp3) is 0.600. The monoisotopic (exact) mass is 322 g/mol. The van der Waals surface area contributed by atoms with E-state index in [0.717, 1.165) is 12.0 Å². The summed E-state index contributed by atoms with van der Waals surface area (Å²) in [5, 5.41) is 0.708. The Labute approximate surface area is 131 Å². The first-order valence-electron chi connectivity index (χ1n) is 6.35. The zero-order chi connectivity index (χ0) is 14.5. The predicted molar refractivity (Wildman–Crippen MR) is 84.9 cm³/mol. The Morgan fingerprint density at radius 3 is 2.11 bits per heavy atom. The minimum atomic E-state index is -0.341. The molecule has 0 unspecified atom stereocenters. The average Bonchev–Trinajstić information content (AvgIpc) is 2.35. The van der Waals surface area contributed by atoms with Crippen molar-refractivity contribution in [2.24, 2.45) is 0 Å². The standard InChI is InChI=1S/C15H21Cl3O/c1-14(2,3)19-9-8-15(10-16,11-17)12-6-4-5-7-13(12)18/h4-7H,8-11H2,1-3H3. The molecule has 1 aromatic carbocycles. The molecule has 108 valence electrons. The van der Waals surface area contributed by atoms with Crippen LogP contribution in [-0.4, -0.2) is 24.0 Å². The van der Waals surface area contributed by atoms with Crippen LogP contribution in [0.5, 0.6) is 0 Å². The van der Waals surface area contributed by atoms with Crippen LogP contribution in [-0.2, 0) is 10.2 Å². The van der Waals surface area contributed by atoms with Crippen LogP contribution in [0, 0.1) is 0 Å². The summed E-state index contributed by atoms with van der Waals surface area (Å²) in [6, 6.07) is 7.73. The van der Waals surface area contributed by atoms with Gasteiger partial charge in [-0.3, -0.25) is 0 Å². The molecule has 0 bridgehead atoms. The average molecular weight is 324 g/mol. The third-order valence-corrected chi connectivity index (χ3v) is 4.43. The van der Waals surface area contributed by atoms with Crippen molar-refractivity contribution in [3.05, 3.63) is 34.9 Å². The molecule has 19 heavy (non-hydrogen) atoms. The molecule has 0 aliphatic heterocycles. The van der Waals surface area contributed by atoms with E-state index in [0.29, 0.717) is 23.4 Å². The Hall–Kier alpha value is 0.0500. The van der Waals surface area contributed by atoms with Gasteiger partial charge in [0.25, 0.3) is 0 Å². The van der Waals surface area contributed by atoms with Gasteiger partial charge in [0.05, 0.1) is 5.60 Å². The normalized spacial score (nSPS) is 12.7. The second kappa shape index (κ2) is 7.17. The summed E-state index contributed by atoms with van der Waals surface area (Å²) in [5.41, 5.74) is 0.497. The number of ether oxygens (including phenoxy) is 1. The van der Waals surface area contributed by atoms with Gasteiger partial charge in [-0.1, -0.05) is 29.8 Å². The van der Waals surface area contributed by atoms with Crippen molar-refractivity contribution in [3.63, 3.8) is 0 Å². The number of alkyl halides is 2. The second-order valence-corrected chi connectivity index (χ2v) is 6.68. The first-order valence-corrected chi connectivity index (χ1v) is 7.80. The summed E-state index contributed by atoms with van der Waals surface area (Å²) < 4.78 is 5.79. The summed E-state index contributed by atoms with van der Waals surface area (Å²) >= 11 is 18.6. The van der Waals surface area contributed by atoms with E-state index in [1.54, 1.807) is 0 Å². The summed E-state index contributed by atoms with van der Waals surface area (Å²) in [7, 11) is 0. The smallest absolute Gasteiger partial charge is 0.0598 e. The van der Waals surface area contributed by atoms with Crippen molar-refractivity contribution in [3.8, 4) is 0 Å². The van der Waals surface area contributed by atoms with E-state index < -0.39 is 0 Å². The van der Waals surface area contributed by atoms with Gasteiger partial charge in [-0.05, 0) is 38.8 Å². The molecule has 0 spiro atoms. The molecule has 1 aromatic rings. The molecule has 0 atom stereocenters. The van der Waals surface area contributed by atoms with E-state index in [1.807, 2.05) is 45.0 Å². The van der Waals surface area contributed by atoms with E-state index in [2.05, 4.69) is 0 Å². The lowest BCUT2D eigenvalue weighted by atomic mass is 9.81. The van der Waals surface area contributed by atoms with Gasteiger partial charge in [-0.15, -0.1) is 23.2 Å². The van der Waals surface area contributed by atoms with Crippen LogP contribution in [0.3, 0.4) is 0 Å². The van der Waals surface area contributed by atoms with Crippen LogP contribution in [0.1, 0.15) is 32.8 Å². The Morgan fingerprint density at radius 1 is 1.05 bits per heavy atom. The summed E-state index contributed by atoms with van der Waals surface area (Å²) in [6.45, 7) is 6.71. The van der Waals surface area contributed by atoms with Crippen molar-refractivity contribution in [1.29, 1.82) is 0 Å². The third kappa shape index (κ3) is 4.82. The molecule has 0 radical (unpaired) electrons. The highest BCUT2D eigenvalue weighted by atomic mass is 35.5. The minimum absolute atomic E-state index is 0.162. The number of rotatable bonds is 6. The zero-order valence-electron chi connectivity index (χ0n) is 11.7. The third-order valence-electron chi connectivity index (χ3n) is 3.07. The molecular formula is C15H21Cl3O. The molecule has 0 aliphatic carbocycles. The summed E-state index contributed by atoms with van der Waals surface area (Å²) in [6.07, 6.45) is 0.751. The molecule has 4 heteroatoms. The van der Waals surface area contributed by atoms with Crippen LogP contribution < -0.4 is 0 Å². The first-order chi connectivity index (χ1) is 8.84. The van der Waals surface area contributed by atoms with Crippen molar-refractivity contribution < 1.29 is 4.74 Å². The highest BCUT2D eigenvalue weighted by molar-refractivity contribution is 6.32. The second-order valence-electron chi connectivity index (χ2n) is 5.74. The predicted octanol–water partition coefficient (Wildman–Crippen LogP) is 5.26. The molecule has 1 nitrogen and oxygen atoms in total. The molecule has 0 heterocycles. The molecule has 0 aliphatic rings. The summed E-state index contributed by atoms with van der Waals surface area (Å²) in [4.78, 5) is 0. The fourth-order valence-electron chi connectivity index (χ4n) is 1.89. The van der Waals surface area contributed by atoms with Gasteiger partial charge in [0.15, 0.2) is 0 Å². The SMILES string of the molecule is CC(C)(C)OCCC(CCl)(CCl)c1ccccc1Cl. The lowest BCUT2D eigenvalue weighted by Gasteiger charge is -2.32. The number of hydrogen-bond acceptors (Lipinski definition) is 1. The molecular weight excluding hydrogens is 303 g/mol. The fourth-order valence-corrected chi connectivity index (χ4v) is 3.07. The Morgan fingerprint density at radius 2 is 1.63 bits per heavy atom. The number of hydrogen-bond donors (Lipinski definition) is 0. The molecule has 0 saturated carbocycles. The quantitative estimate of drug-likeness (QED) is 0.649. The van der Waals surface area contributed by atoms with Crippen LogP contribution in [0.2, 0.25) is 5.02 Å². The van der Waals surface area contributed by atoms with Gasteiger partial charge in [0.1, 0.15) is 0 Å². The Bertz CT molecular complexity index is 395. The maximum atomic E-state index is 6.28. The number of benzene rings is 1. The van der Waals surface area contributed by atoms with Crippen molar-refractivity contribution >= 4 is 34.8 Å². The Balaban J connectivity index is 2.89. The largest absolute Gasteiger partial charge is 0.376 e. The molecule has 0 saturated heterocycles. The van der Waals surface area contributed by atoms with E-state index in [9.17, 15) is 0 Å². The first kappa shape index (κ1) is 17.1. The molecule has 1 rings (SSSR count). The maximum Gasteiger partial charge on any atom is 0.0598 e. The highest BCUT2D eigenvalue weighted by Gasteiger charge is 2.32. The van der Waals surface area contributed by atoms with E-state index in [1.165, 1.54) is 0 Å². The van der Waals surface area contributed by atoms with E-state index in [4.69, 9.17) is 39.5 Å². The van der Waals surface area contributed by atoms with Gasteiger partial charge in [-0.25, -0.2) is 0 Å².